The zero-order valence-electron chi connectivity index (χ0n) is 5.69. The molecule has 0 unspecified atom stereocenters. The van der Waals surface area contributed by atoms with Gasteiger partial charge in [0.1, 0.15) is 0 Å². The minimum absolute atomic E-state index is 0. The van der Waals surface area contributed by atoms with Crippen molar-refractivity contribution >= 4 is 122 Å². The van der Waals surface area contributed by atoms with Crippen LogP contribution in [0.2, 0.25) is 0 Å². The monoisotopic (exact) mass is 606 g/mol. The summed E-state index contributed by atoms with van der Waals surface area (Å²) in [5, 5.41) is 0. The van der Waals surface area contributed by atoms with E-state index in [0.717, 1.165) is 0 Å². The maximum atomic E-state index is 0. The van der Waals surface area contributed by atoms with E-state index in [1.165, 1.54) is 0 Å². The standard InChI is InChI=1S/3Fe.3Ge.7P/q3*+3;3*+4;7*-3. The van der Waals surface area contributed by atoms with E-state index in [9.17, 15) is 0 Å². The van der Waals surface area contributed by atoms with E-state index in [2.05, 4.69) is 0 Å². The van der Waals surface area contributed by atoms with Gasteiger partial charge in [-0.3, -0.25) is 0 Å². The van der Waals surface area contributed by atoms with Crippen molar-refractivity contribution in [2.75, 3.05) is 0 Å². The van der Waals surface area contributed by atoms with Crippen LogP contribution in [0.5, 0.6) is 0 Å². The van der Waals surface area contributed by atoms with Gasteiger partial charge in [-0.1, -0.05) is 0 Å². The third-order valence-electron chi connectivity index (χ3n) is 0. The Balaban J connectivity index is 0. The van der Waals surface area contributed by atoms with E-state index in [1.54, 1.807) is 0 Å². The first kappa shape index (κ1) is 166. The molecule has 0 aromatic carbocycles. The molecule has 0 amide bonds. The van der Waals surface area contributed by atoms with Crippen LogP contribution in [-0.2, 0) is 51.2 Å². The average Bonchev–Trinajstić information content (AvgIpc) is 0. The predicted molar refractivity (Wildman–Crippen MR) is 65.7 cm³/mol. The Bertz CT molecular complexity index is 18.9. The summed E-state index contributed by atoms with van der Waals surface area (Å²) in [6, 6.07) is 0. The molecule has 0 aliphatic heterocycles. The second-order valence-electron chi connectivity index (χ2n) is 0. The molecule has 0 bridgehead atoms. The third-order valence-corrected chi connectivity index (χ3v) is 0. The van der Waals surface area contributed by atoms with Gasteiger partial charge in [-0.15, -0.1) is 0 Å². The first-order valence-electron chi connectivity index (χ1n) is 0. The SMILES string of the molecule is [Fe+3].[Fe+3].[Fe+3].[Ge+4].[Ge+4].[Ge+4].[P-3].[P-3].[P-3].[P-3].[P-3].[P-3].[P-3]. The predicted octanol–water partition coefficient (Wildman–Crippen LogP) is 4.88. The molecule has 0 spiro atoms. The van der Waals surface area contributed by atoms with Gasteiger partial charge < -0.3 is 69.3 Å². The van der Waals surface area contributed by atoms with Crippen LogP contribution in [0.15, 0.2) is 0 Å². The first-order chi connectivity index (χ1) is 0. The summed E-state index contributed by atoms with van der Waals surface area (Å²) in [5.74, 6) is 0. The van der Waals surface area contributed by atoms with E-state index in [-0.39, 0.29) is 173 Å². The van der Waals surface area contributed by atoms with E-state index in [0.29, 0.717) is 0 Å². The fourth-order valence-corrected chi connectivity index (χ4v) is 0. The van der Waals surface area contributed by atoms with Crippen LogP contribution in [-0.4, -0.2) is 52.8 Å². The van der Waals surface area contributed by atoms with Crippen LogP contribution in [0, 0.1) is 0 Å². The molecule has 13 heteroatoms. The summed E-state index contributed by atoms with van der Waals surface area (Å²) in [4.78, 5) is 0. The van der Waals surface area contributed by atoms with Crippen LogP contribution in [0.3, 0.4) is 0 Å². The quantitative estimate of drug-likeness (QED) is 0.274. The molecule has 0 aromatic heterocycles. The molecule has 3 radical (unpaired) electrons. The molecular weight excluding hydrogens is 602 g/mol. The maximum absolute atomic E-state index is 0. The first-order valence-corrected chi connectivity index (χ1v) is 0. The fourth-order valence-electron chi connectivity index (χ4n) is 0. The van der Waals surface area contributed by atoms with Crippen molar-refractivity contribution in [1.29, 1.82) is 0 Å². The molecule has 0 saturated carbocycles. The molecule has 0 saturated heterocycles. The van der Waals surface area contributed by atoms with Gasteiger partial charge >= 0.3 is 104 Å². The number of rotatable bonds is 0. The molecule has 0 heterocycles. The Kier molecular flexibility index (Phi) is 1780. The van der Waals surface area contributed by atoms with Gasteiger partial charge in [0.25, 0.3) is 0 Å². The van der Waals surface area contributed by atoms with E-state index in [4.69, 9.17) is 0 Å². The number of hydrogen-bond acceptors (Lipinski definition) is 0. The summed E-state index contributed by atoms with van der Waals surface area (Å²) in [6.07, 6.45) is 0. The van der Waals surface area contributed by atoms with Gasteiger partial charge in [0.2, 0.25) is 0 Å². The summed E-state index contributed by atoms with van der Waals surface area (Å²) in [6.45, 7) is 0. The largest absolute Gasteiger partial charge is 4.00 e. The van der Waals surface area contributed by atoms with Crippen molar-refractivity contribution in [1.82, 2.24) is 0 Å². The fraction of sp³-hybridized carbons (Fsp3) is 0. The van der Waals surface area contributed by atoms with Crippen molar-refractivity contribution in [3.05, 3.63) is 0 Å². The minimum atomic E-state index is 0. The second kappa shape index (κ2) is 140. The van der Waals surface area contributed by atoms with Gasteiger partial charge in [0.05, 0.1) is 0 Å². The molecule has 0 rings (SSSR count). The van der Waals surface area contributed by atoms with Crippen molar-refractivity contribution in [2.24, 2.45) is 0 Å². The summed E-state index contributed by atoms with van der Waals surface area (Å²) in [5.41, 5.74) is 0. The normalized spacial score (nSPS) is 0. The second-order valence-corrected chi connectivity index (χ2v) is 0. The maximum Gasteiger partial charge on any atom is 4.00 e. The van der Waals surface area contributed by atoms with Gasteiger partial charge in [0.15, 0.2) is 0 Å². The van der Waals surface area contributed by atoms with Gasteiger partial charge in [-0.2, -0.15) is 0 Å². The topological polar surface area (TPSA) is 0 Å². The minimum Gasteiger partial charge on any atom is -3.00 e. The Morgan fingerprint density at radius 2 is 0.231 bits per heavy atom. The molecular formula is Fe3Ge3P7. The Labute approximate surface area is 171 Å². The summed E-state index contributed by atoms with van der Waals surface area (Å²) in [7, 11) is 0. The number of hydrogen-bond donors (Lipinski definition) is 0. The Hall–Kier alpha value is 6.20. The van der Waals surface area contributed by atoms with Crippen LogP contribution < -0.4 is 0 Å². The zero-order chi connectivity index (χ0) is 0. The van der Waals surface area contributed by atoms with Crippen molar-refractivity contribution in [3.63, 3.8) is 0 Å². The van der Waals surface area contributed by atoms with Gasteiger partial charge in [-0.05, 0) is 0 Å². The molecule has 0 aliphatic rings. The van der Waals surface area contributed by atoms with Crippen molar-refractivity contribution < 1.29 is 51.2 Å². The van der Waals surface area contributed by atoms with E-state index in [1.807, 2.05) is 0 Å². The molecule has 0 aromatic rings. The molecule has 0 nitrogen and oxygen atoms in total. The van der Waals surface area contributed by atoms with E-state index >= 15 is 0 Å². The van der Waals surface area contributed by atoms with Crippen LogP contribution in [0.25, 0.3) is 0 Å². The Morgan fingerprint density at radius 3 is 0.231 bits per heavy atom. The van der Waals surface area contributed by atoms with Gasteiger partial charge in [0, 0.05) is 0 Å². The smallest absolute Gasteiger partial charge is 3.00 e. The molecule has 0 N–H and O–H groups in total. The van der Waals surface area contributed by atoms with Crippen LogP contribution in [0.1, 0.15) is 0 Å². The molecule has 71 valence electrons. The average molecular weight is 602 g/mol. The molecule has 0 aliphatic carbocycles. The van der Waals surface area contributed by atoms with Crippen molar-refractivity contribution in [2.45, 2.75) is 0 Å². The van der Waals surface area contributed by atoms with Crippen LogP contribution in [0.4, 0.5) is 0 Å². The summed E-state index contributed by atoms with van der Waals surface area (Å²) >= 11 is 0. The van der Waals surface area contributed by atoms with Crippen LogP contribution >= 0.6 is 69.3 Å². The van der Waals surface area contributed by atoms with Gasteiger partial charge in [-0.25, -0.2) is 0 Å². The Morgan fingerprint density at radius 1 is 0.231 bits per heavy atom. The molecule has 13 heavy (non-hydrogen) atoms. The summed E-state index contributed by atoms with van der Waals surface area (Å²) < 4.78 is 0. The van der Waals surface area contributed by atoms with E-state index < -0.39 is 0 Å². The zero-order valence-corrected chi connectivity index (χ0v) is 21.6. The van der Waals surface area contributed by atoms with Crippen molar-refractivity contribution in [3.8, 4) is 0 Å². The third kappa shape index (κ3) is 124. The molecule has 0 atom stereocenters. The molecule has 0 fully saturated rings.